The summed E-state index contributed by atoms with van der Waals surface area (Å²) >= 11 is 7.61. The van der Waals surface area contributed by atoms with Gasteiger partial charge in [0.05, 0.1) is 35.0 Å². The number of rotatable bonds is 16. The standard InChI is InChI=1S/C54H66ClF3N6O9S3/c1-52(2,3)73-51(67)64-26-23-61(31-41(64)33-65)22-20-40(35-74-43-9-7-6-8-10-43)59-46-17-16-44(28-49(46)75(68,69)54(56,57)58)76(70,71)60-50(66)37-13-18-47-48(27-37)72-34-42-32-62(24-25-63(42)47)30-38-19-21-53(4,5)29-45(38)36-11-14-39(55)15-12-36/h6-18,27-28,40-42,59,65H,19-26,29-35H2,1-5H3,(H,60,66)/t40-,41+,42+/m1/s1. The normalized spacial score (nSPS) is 20.0. The third-order valence-electron chi connectivity index (χ3n) is 14.2. The number of aliphatic hydroxyl groups is 1. The number of ether oxygens (including phenoxy) is 2. The van der Waals surface area contributed by atoms with Gasteiger partial charge in [0, 0.05) is 79.6 Å². The van der Waals surface area contributed by atoms with Crippen molar-refractivity contribution in [1.29, 1.82) is 0 Å². The molecular formula is C54H66ClF3N6O9S3. The number of carbonyl (C=O) groups is 2. The van der Waals surface area contributed by atoms with Crippen LogP contribution in [0.5, 0.6) is 5.75 Å². The largest absolute Gasteiger partial charge is 0.501 e. The van der Waals surface area contributed by atoms with Crippen LogP contribution in [-0.4, -0.2) is 149 Å². The molecule has 0 bridgehead atoms. The van der Waals surface area contributed by atoms with Crippen molar-refractivity contribution in [3.8, 4) is 5.75 Å². The van der Waals surface area contributed by atoms with E-state index < -0.39 is 70.5 Å². The van der Waals surface area contributed by atoms with Crippen LogP contribution in [0.15, 0.2) is 111 Å². The Kier molecular flexibility index (Phi) is 17.4. The van der Waals surface area contributed by atoms with Crippen molar-refractivity contribution in [3.63, 3.8) is 0 Å². The molecule has 4 aliphatic rings. The fraction of sp³-hybridized carbons (Fsp3) is 0.481. The van der Waals surface area contributed by atoms with E-state index >= 15 is 0 Å². The van der Waals surface area contributed by atoms with Gasteiger partial charge in [0.2, 0.25) is 0 Å². The van der Waals surface area contributed by atoms with E-state index in [2.05, 4.69) is 41.1 Å². The maximum Gasteiger partial charge on any atom is 0.501 e. The summed E-state index contributed by atoms with van der Waals surface area (Å²) in [6, 6.07) is 22.8. The highest BCUT2D eigenvalue weighted by Gasteiger charge is 2.49. The first-order valence-corrected chi connectivity index (χ1v) is 29.6. The topological polar surface area (TPSA) is 178 Å². The molecule has 3 atom stereocenters. The van der Waals surface area contributed by atoms with Crippen LogP contribution >= 0.6 is 23.4 Å². The summed E-state index contributed by atoms with van der Waals surface area (Å²) in [5.74, 6) is -0.491. The van der Waals surface area contributed by atoms with Gasteiger partial charge in [-0.3, -0.25) is 14.6 Å². The number of aliphatic hydroxyl groups excluding tert-OH is 1. The SMILES string of the molecule is CC1(C)CCC(CN2CCN3c4ccc(C(=O)NS(=O)(=O)c5ccc(N[C@H](CCN6CCN(C(=O)OC(C)(C)C)[C@H](CO)C6)CSc6ccccc6)c(S(=O)(=O)C(F)(F)F)c5)cc4OC[C@@H]3C2)=C(c2ccc(Cl)cc2)C1. The fourth-order valence-electron chi connectivity index (χ4n) is 10.1. The Hall–Kier alpha value is -5.03. The van der Waals surface area contributed by atoms with Crippen LogP contribution in [0.3, 0.4) is 0 Å². The van der Waals surface area contributed by atoms with Crippen LogP contribution in [0, 0.1) is 5.41 Å². The molecule has 4 aromatic rings. The number of piperazine rings is 2. The number of hydrogen-bond acceptors (Lipinski definition) is 14. The average Bonchev–Trinajstić information content (AvgIpc) is 3.38. The number of anilines is 2. The van der Waals surface area contributed by atoms with Crippen molar-refractivity contribution >= 4 is 72.2 Å². The number of allylic oxidation sites excluding steroid dienone is 1. The van der Waals surface area contributed by atoms with E-state index in [0.717, 1.165) is 61.6 Å². The summed E-state index contributed by atoms with van der Waals surface area (Å²) in [6.07, 6.45) is 2.75. The quantitative estimate of drug-likeness (QED) is 0.0905. The maximum atomic E-state index is 14.4. The highest BCUT2D eigenvalue weighted by Crippen LogP contribution is 2.44. The van der Waals surface area contributed by atoms with Crippen LogP contribution in [0.4, 0.5) is 29.3 Å². The minimum atomic E-state index is -6.17. The van der Waals surface area contributed by atoms with E-state index in [1.54, 1.807) is 26.8 Å². The van der Waals surface area contributed by atoms with Gasteiger partial charge in [-0.25, -0.2) is 26.4 Å². The number of nitrogens with zero attached hydrogens (tertiary/aromatic N) is 4. The highest BCUT2D eigenvalue weighted by molar-refractivity contribution is 7.99. The van der Waals surface area contributed by atoms with Crippen molar-refractivity contribution in [2.24, 2.45) is 5.41 Å². The molecule has 2 amide bonds. The molecule has 8 rings (SSSR count). The number of carbonyl (C=O) groups excluding carboxylic acids is 2. The lowest BCUT2D eigenvalue weighted by molar-refractivity contribution is -0.0436. The van der Waals surface area contributed by atoms with Crippen LogP contribution < -0.4 is 19.7 Å². The molecule has 0 unspecified atom stereocenters. The van der Waals surface area contributed by atoms with E-state index in [4.69, 9.17) is 21.1 Å². The zero-order chi connectivity index (χ0) is 54.8. The molecule has 15 nitrogen and oxygen atoms in total. The molecule has 3 heterocycles. The number of sulfone groups is 1. The summed E-state index contributed by atoms with van der Waals surface area (Å²) in [5.41, 5.74) is -2.28. The number of thioether (sulfide) groups is 1. The Labute approximate surface area is 453 Å². The Bertz CT molecular complexity index is 3020. The third-order valence-corrected chi connectivity index (χ3v) is 18.4. The van der Waals surface area contributed by atoms with Crippen LogP contribution in [0.1, 0.15) is 76.2 Å². The Morgan fingerprint density at radius 1 is 0.921 bits per heavy atom. The van der Waals surface area contributed by atoms with E-state index in [1.165, 1.54) is 45.5 Å². The molecule has 0 radical (unpaired) electrons. The van der Waals surface area contributed by atoms with E-state index in [0.29, 0.717) is 43.1 Å². The molecule has 2 saturated heterocycles. The van der Waals surface area contributed by atoms with Crippen LogP contribution in [-0.2, 0) is 24.6 Å². The second kappa shape index (κ2) is 23.1. The first-order chi connectivity index (χ1) is 35.8. The third kappa shape index (κ3) is 13.8. The van der Waals surface area contributed by atoms with E-state index in [-0.39, 0.29) is 48.9 Å². The fourth-order valence-corrected chi connectivity index (χ4v) is 13.3. The van der Waals surface area contributed by atoms with E-state index in [9.17, 15) is 44.7 Å². The predicted molar refractivity (Wildman–Crippen MR) is 289 cm³/mol. The number of sulfonamides is 1. The number of alkyl halides is 3. The summed E-state index contributed by atoms with van der Waals surface area (Å²) in [6.45, 7) is 14.0. The summed E-state index contributed by atoms with van der Waals surface area (Å²) < 4.78 is 111. The monoisotopic (exact) mass is 1130 g/mol. The first kappa shape index (κ1) is 57.2. The lowest BCUT2D eigenvalue weighted by Gasteiger charge is -2.46. The van der Waals surface area contributed by atoms with Crippen molar-refractivity contribution in [1.82, 2.24) is 19.4 Å². The second-order valence-corrected chi connectivity index (χ2v) is 26.7. The van der Waals surface area contributed by atoms with Crippen molar-refractivity contribution in [3.05, 3.63) is 113 Å². The number of halogens is 4. The van der Waals surface area contributed by atoms with Crippen molar-refractivity contribution < 1.29 is 54.2 Å². The molecular weight excluding hydrogens is 1070 g/mol. The Morgan fingerprint density at radius 2 is 1.64 bits per heavy atom. The van der Waals surface area contributed by atoms with Gasteiger partial charge < -0.3 is 29.7 Å². The molecule has 0 aromatic heterocycles. The molecule has 3 N–H and O–H groups in total. The van der Waals surface area contributed by atoms with Gasteiger partial charge in [-0.2, -0.15) is 13.2 Å². The number of nitrogens with one attached hydrogen (secondary N) is 2. The number of hydrogen-bond donors (Lipinski definition) is 3. The minimum Gasteiger partial charge on any atom is -0.489 e. The van der Waals surface area contributed by atoms with Gasteiger partial charge in [0.1, 0.15) is 22.9 Å². The maximum absolute atomic E-state index is 14.4. The molecule has 1 aliphatic carbocycles. The molecule has 76 heavy (non-hydrogen) atoms. The smallest absolute Gasteiger partial charge is 0.489 e. The van der Waals surface area contributed by atoms with Gasteiger partial charge in [-0.1, -0.05) is 61.4 Å². The predicted octanol–water partition coefficient (Wildman–Crippen LogP) is 9.18. The molecule has 2 fully saturated rings. The van der Waals surface area contributed by atoms with Crippen molar-refractivity contribution in [2.75, 3.05) is 81.5 Å². The Balaban J connectivity index is 0.959. The zero-order valence-corrected chi connectivity index (χ0v) is 46.4. The first-order valence-electron chi connectivity index (χ1n) is 25.3. The molecule has 22 heteroatoms. The van der Waals surface area contributed by atoms with Gasteiger partial charge in [-0.05, 0) is 124 Å². The van der Waals surface area contributed by atoms with Gasteiger partial charge in [-0.15, -0.1) is 11.8 Å². The van der Waals surface area contributed by atoms with E-state index in [1.807, 2.05) is 52.1 Å². The molecule has 0 saturated carbocycles. The minimum absolute atomic E-state index is 0.00600. The van der Waals surface area contributed by atoms with Gasteiger partial charge in [0.15, 0.2) is 0 Å². The Morgan fingerprint density at radius 3 is 2.34 bits per heavy atom. The zero-order valence-electron chi connectivity index (χ0n) is 43.2. The second-order valence-electron chi connectivity index (χ2n) is 21.6. The summed E-state index contributed by atoms with van der Waals surface area (Å²) in [5, 5.41) is 13.9. The van der Waals surface area contributed by atoms with Crippen molar-refractivity contribution in [2.45, 2.75) is 104 Å². The summed E-state index contributed by atoms with van der Waals surface area (Å²) in [4.78, 5) is 33.3. The average molecular weight is 1130 g/mol. The van der Waals surface area contributed by atoms with Crippen LogP contribution in [0.25, 0.3) is 5.57 Å². The lowest BCUT2D eigenvalue weighted by atomic mass is 9.72. The van der Waals surface area contributed by atoms with Gasteiger partial charge in [0.25, 0.3) is 25.8 Å². The highest BCUT2D eigenvalue weighted by atomic mass is 35.5. The number of fused-ring (bicyclic) bond motifs is 3. The van der Waals surface area contributed by atoms with Crippen LogP contribution in [0.2, 0.25) is 5.02 Å². The molecule has 4 aromatic carbocycles. The summed E-state index contributed by atoms with van der Waals surface area (Å²) in [7, 11) is -11.1. The lowest BCUT2D eigenvalue weighted by Crippen LogP contribution is -2.57. The molecule has 0 spiro atoms. The molecule has 412 valence electrons. The number of amides is 2. The number of benzene rings is 4. The van der Waals surface area contributed by atoms with Gasteiger partial charge >= 0.3 is 11.6 Å². The molecule has 3 aliphatic heterocycles.